The zero-order valence-corrected chi connectivity index (χ0v) is 14.5. The summed E-state index contributed by atoms with van der Waals surface area (Å²) < 4.78 is 0. The molecule has 1 saturated heterocycles. The van der Waals surface area contributed by atoms with Gasteiger partial charge in [0, 0.05) is 43.3 Å². The molecule has 1 aliphatic carbocycles. The summed E-state index contributed by atoms with van der Waals surface area (Å²) in [5.41, 5.74) is 2.41. The molecule has 0 radical (unpaired) electrons. The molecule has 0 unspecified atom stereocenters. The summed E-state index contributed by atoms with van der Waals surface area (Å²) in [4.78, 5) is 13.5. The number of nitrogens with zero attached hydrogens (tertiary/aromatic N) is 2. The molecule has 1 aromatic rings. The fourth-order valence-electron chi connectivity index (χ4n) is 4.08. The first-order valence-electron chi connectivity index (χ1n) is 8.31. The number of halogens is 1. The maximum atomic E-state index is 11.1. The summed E-state index contributed by atoms with van der Waals surface area (Å²) in [5.74, 6) is 0. The number of nitrogens with one attached hydrogen (secondary N) is 1. The van der Waals surface area contributed by atoms with Gasteiger partial charge in [-0.3, -0.25) is 15.0 Å². The standard InChI is InChI=1S/C17H25N3O2.ClH/c1-14-15(6-5-7-16(14)20(21)22)12-19-11-10-18-13-17(19)8-3-2-4-9-17;/h5-7,18H,2-4,8-13H2,1H3;1H. The summed E-state index contributed by atoms with van der Waals surface area (Å²) in [7, 11) is 0. The zero-order chi connectivity index (χ0) is 15.6. The van der Waals surface area contributed by atoms with E-state index in [2.05, 4.69) is 10.2 Å². The molecule has 1 saturated carbocycles. The van der Waals surface area contributed by atoms with Gasteiger partial charge in [0.1, 0.15) is 0 Å². The number of benzene rings is 1. The minimum Gasteiger partial charge on any atom is -0.314 e. The second kappa shape index (κ2) is 7.60. The van der Waals surface area contributed by atoms with E-state index in [0.717, 1.165) is 37.3 Å². The van der Waals surface area contributed by atoms with E-state index in [1.165, 1.54) is 32.1 Å². The average Bonchev–Trinajstić information content (AvgIpc) is 2.52. The fraction of sp³-hybridized carbons (Fsp3) is 0.647. The van der Waals surface area contributed by atoms with E-state index in [0.29, 0.717) is 0 Å². The summed E-state index contributed by atoms with van der Waals surface area (Å²) in [6.07, 6.45) is 6.42. The molecule has 2 fully saturated rings. The van der Waals surface area contributed by atoms with Crippen molar-refractivity contribution in [2.24, 2.45) is 0 Å². The Morgan fingerprint density at radius 2 is 2.04 bits per heavy atom. The summed E-state index contributed by atoms with van der Waals surface area (Å²) in [5, 5.41) is 14.7. The molecule has 128 valence electrons. The number of nitro benzene ring substituents is 1. The predicted octanol–water partition coefficient (Wildman–Crippen LogP) is 3.43. The first kappa shape index (κ1) is 18.2. The molecule has 5 nitrogen and oxygen atoms in total. The van der Waals surface area contributed by atoms with Crippen LogP contribution in [-0.4, -0.2) is 35.0 Å². The van der Waals surface area contributed by atoms with E-state index >= 15 is 0 Å². The monoisotopic (exact) mass is 339 g/mol. The van der Waals surface area contributed by atoms with Crippen LogP contribution in [0, 0.1) is 17.0 Å². The Balaban J connectivity index is 0.00000192. The van der Waals surface area contributed by atoms with Gasteiger partial charge in [0.2, 0.25) is 0 Å². The van der Waals surface area contributed by atoms with E-state index < -0.39 is 0 Å². The third-order valence-corrected chi connectivity index (χ3v) is 5.44. The topological polar surface area (TPSA) is 58.4 Å². The molecule has 1 spiro atoms. The molecule has 0 bridgehead atoms. The third-order valence-electron chi connectivity index (χ3n) is 5.44. The first-order chi connectivity index (χ1) is 10.6. The van der Waals surface area contributed by atoms with Crippen molar-refractivity contribution in [1.82, 2.24) is 10.2 Å². The predicted molar refractivity (Wildman–Crippen MR) is 94.2 cm³/mol. The Bertz CT molecular complexity index is 551. The van der Waals surface area contributed by atoms with Crippen LogP contribution in [0.25, 0.3) is 0 Å². The van der Waals surface area contributed by atoms with Gasteiger partial charge in [0.15, 0.2) is 0 Å². The van der Waals surface area contributed by atoms with E-state index in [-0.39, 0.29) is 28.6 Å². The lowest BCUT2D eigenvalue weighted by molar-refractivity contribution is -0.385. The van der Waals surface area contributed by atoms with Crippen molar-refractivity contribution in [3.8, 4) is 0 Å². The maximum absolute atomic E-state index is 11.1. The Labute approximate surface area is 144 Å². The second-order valence-corrected chi connectivity index (χ2v) is 6.70. The molecule has 1 heterocycles. The Morgan fingerprint density at radius 3 is 2.74 bits per heavy atom. The highest BCUT2D eigenvalue weighted by Gasteiger charge is 2.39. The van der Waals surface area contributed by atoms with Crippen LogP contribution in [0.5, 0.6) is 0 Å². The molecule has 23 heavy (non-hydrogen) atoms. The van der Waals surface area contributed by atoms with Crippen molar-refractivity contribution in [2.75, 3.05) is 19.6 Å². The number of piperazine rings is 1. The van der Waals surface area contributed by atoms with E-state index in [1.807, 2.05) is 19.1 Å². The molecule has 1 aliphatic heterocycles. The quantitative estimate of drug-likeness (QED) is 0.677. The van der Waals surface area contributed by atoms with Gasteiger partial charge < -0.3 is 5.32 Å². The van der Waals surface area contributed by atoms with Gasteiger partial charge in [0.25, 0.3) is 5.69 Å². The van der Waals surface area contributed by atoms with Crippen molar-refractivity contribution in [2.45, 2.75) is 51.1 Å². The molecule has 6 heteroatoms. The van der Waals surface area contributed by atoms with Crippen LogP contribution in [0.15, 0.2) is 18.2 Å². The normalized spacial score (nSPS) is 20.9. The van der Waals surface area contributed by atoms with Crippen LogP contribution in [0.3, 0.4) is 0 Å². The van der Waals surface area contributed by atoms with Crippen LogP contribution < -0.4 is 5.32 Å². The molecule has 2 aliphatic rings. The van der Waals surface area contributed by atoms with Gasteiger partial charge >= 0.3 is 0 Å². The van der Waals surface area contributed by atoms with Gasteiger partial charge in [-0.05, 0) is 25.3 Å². The first-order valence-corrected chi connectivity index (χ1v) is 8.31. The lowest BCUT2D eigenvalue weighted by Gasteiger charge is -2.50. The molecule has 0 amide bonds. The van der Waals surface area contributed by atoms with Crippen molar-refractivity contribution < 1.29 is 4.92 Å². The minimum absolute atomic E-state index is 0. The van der Waals surface area contributed by atoms with Crippen LogP contribution in [-0.2, 0) is 6.54 Å². The summed E-state index contributed by atoms with van der Waals surface area (Å²) >= 11 is 0. The van der Waals surface area contributed by atoms with E-state index in [4.69, 9.17) is 0 Å². The average molecular weight is 340 g/mol. The number of rotatable bonds is 3. The smallest absolute Gasteiger partial charge is 0.272 e. The van der Waals surface area contributed by atoms with Gasteiger partial charge in [0.05, 0.1) is 4.92 Å². The van der Waals surface area contributed by atoms with Crippen molar-refractivity contribution in [3.05, 3.63) is 39.4 Å². The largest absolute Gasteiger partial charge is 0.314 e. The van der Waals surface area contributed by atoms with Gasteiger partial charge in [-0.25, -0.2) is 0 Å². The lowest BCUT2D eigenvalue weighted by Crippen LogP contribution is -2.61. The molecule has 1 N–H and O–H groups in total. The van der Waals surface area contributed by atoms with Crippen molar-refractivity contribution in [3.63, 3.8) is 0 Å². The summed E-state index contributed by atoms with van der Waals surface area (Å²) in [6.45, 7) is 5.80. The Kier molecular flexibility index (Phi) is 6.00. The molecular formula is C17H26ClN3O2. The third kappa shape index (κ3) is 3.67. The molecule has 0 aromatic heterocycles. The Hall–Kier alpha value is -1.17. The highest BCUT2D eigenvalue weighted by Crippen LogP contribution is 2.36. The molecule has 1 aromatic carbocycles. The number of hydrogen-bond donors (Lipinski definition) is 1. The summed E-state index contributed by atoms with van der Waals surface area (Å²) in [6, 6.07) is 5.46. The fourth-order valence-corrected chi connectivity index (χ4v) is 4.08. The second-order valence-electron chi connectivity index (χ2n) is 6.70. The Morgan fingerprint density at radius 1 is 1.30 bits per heavy atom. The van der Waals surface area contributed by atoms with Crippen molar-refractivity contribution >= 4 is 18.1 Å². The number of hydrogen-bond acceptors (Lipinski definition) is 4. The molecular weight excluding hydrogens is 314 g/mol. The van der Waals surface area contributed by atoms with Crippen molar-refractivity contribution in [1.29, 1.82) is 0 Å². The van der Waals surface area contributed by atoms with Gasteiger partial charge in [-0.2, -0.15) is 0 Å². The van der Waals surface area contributed by atoms with Crippen LogP contribution in [0.1, 0.15) is 43.2 Å². The molecule has 3 rings (SSSR count). The van der Waals surface area contributed by atoms with E-state index in [9.17, 15) is 10.1 Å². The maximum Gasteiger partial charge on any atom is 0.272 e. The zero-order valence-electron chi connectivity index (χ0n) is 13.7. The van der Waals surface area contributed by atoms with Crippen LogP contribution >= 0.6 is 12.4 Å². The highest BCUT2D eigenvalue weighted by atomic mass is 35.5. The van der Waals surface area contributed by atoms with Crippen LogP contribution in [0.4, 0.5) is 5.69 Å². The van der Waals surface area contributed by atoms with E-state index in [1.54, 1.807) is 6.07 Å². The van der Waals surface area contributed by atoms with Gasteiger partial charge in [-0.1, -0.05) is 31.4 Å². The highest BCUT2D eigenvalue weighted by molar-refractivity contribution is 5.85. The minimum atomic E-state index is -0.271. The number of nitro groups is 1. The molecule has 0 atom stereocenters. The van der Waals surface area contributed by atoms with Crippen LogP contribution in [0.2, 0.25) is 0 Å². The lowest BCUT2D eigenvalue weighted by atomic mass is 9.78. The SMILES string of the molecule is Cc1c(CN2CCNCC23CCCCC3)cccc1[N+](=O)[O-].Cl. The van der Waals surface area contributed by atoms with Gasteiger partial charge in [-0.15, -0.1) is 12.4 Å².